The molecule has 5 nitrogen and oxygen atoms in total. The second kappa shape index (κ2) is 7.19. The number of anilines is 2. The van der Waals surface area contributed by atoms with Gasteiger partial charge < -0.3 is 9.64 Å². The first kappa shape index (κ1) is 18.0. The molecule has 0 bridgehead atoms. The van der Waals surface area contributed by atoms with Gasteiger partial charge in [-0.3, -0.25) is 4.72 Å². The van der Waals surface area contributed by atoms with E-state index in [0.29, 0.717) is 5.69 Å². The zero-order chi connectivity index (χ0) is 18.0. The number of sulfonamides is 1. The monoisotopic (exact) mass is 384 g/mol. The molecule has 0 amide bonds. The first-order valence-corrected chi connectivity index (χ1v) is 9.61. The Kier molecular flexibility index (Phi) is 5.17. The zero-order valence-electron chi connectivity index (χ0n) is 13.6. The minimum Gasteiger partial charge on any atom is -0.380 e. The molecule has 0 radical (unpaired) electrons. The minimum atomic E-state index is -3.83. The van der Waals surface area contributed by atoms with E-state index < -0.39 is 15.8 Å². The van der Waals surface area contributed by atoms with Gasteiger partial charge in [0.2, 0.25) is 0 Å². The normalized spacial score (nSPS) is 17.7. The Labute approximate surface area is 151 Å². The molecule has 1 fully saturated rings. The van der Waals surface area contributed by atoms with Crippen LogP contribution in [0.2, 0.25) is 5.02 Å². The molecule has 1 aliphatic heterocycles. The minimum absolute atomic E-state index is 0.0922. The maximum atomic E-state index is 13.2. The number of hydrogen-bond donors (Lipinski definition) is 1. The van der Waals surface area contributed by atoms with E-state index >= 15 is 0 Å². The third-order valence-corrected chi connectivity index (χ3v) is 5.83. The van der Waals surface area contributed by atoms with Crippen LogP contribution >= 0.6 is 11.6 Å². The van der Waals surface area contributed by atoms with E-state index in [1.165, 1.54) is 6.07 Å². The summed E-state index contributed by atoms with van der Waals surface area (Å²) in [6.45, 7) is 1.72. The number of nitrogens with zero attached hydrogens (tertiary/aromatic N) is 1. The molecule has 134 valence electrons. The Morgan fingerprint density at radius 2 is 1.96 bits per heavy atom. The lowest BCUT2D eigenvalue weighted by molar-refractivity contribution is 0.121. The number of ether oxygens (including phenoxy) is 1. The van der Waals surface area contributed by atoms with Crippen LogP contribution in [0.4, 0.5) is 15.8 Å². The van der Waals surface area contributed by atoms with Gasteiger partial charge in [0.25, 0.3) is 10.0 Å². The van der Waals surface area contributed by atoms with Gasteiger partial charge in [0.1, 0.15) is 5.82 Å². The van der Waals surface area contributed by atoms with Crippen LogP contribution in [-0.4, -0.2) is 34.7 Å². The maximum absolute atomic E-state index is 13.2. The molecule has 2 aromatic rings. The fourth-order valence-corrected chi connectivity index (χ4v) is 4.08. The Hall–Kier alpha value is -1.83. The quantitative estimate of drug-likeness (QED) is 0.857. The van der Waals surface area contributed by atoms with Crippen LogP contribution in [0.15, 0.2) is 47.4 Å². The summed E-state index contributed by atoms with van der Waals surface area (Å²) in [6.07, 6.45) is 1.19. The molecule has 1 saturated heterocycles. The van der Waals surface area contributed by atoms with Gasteiger partial charge in [-0.25, -0.2) is 12.8 Å². The van der Waals surface area contributed by atoms with E-state index in [2.05, 4.69) is 9.62 Å². The average molecular weight is 385 g/mol. The molecule has 0 spiro atoms. The molecule has 3 rings (SSSR count). The molecule has 0 unspecified atom stereocenters. The molecule has 0 saturated carbocycles. The fourth-order valence-electron chi connectivity index (χ4n) is 2.75. The summed E-state index contributed by atoms with van der Waals surface area (Å²) in [5, 5.41) is -0.236. The van der Waals surface area contributed by atoms with Crippen molar-refractivity contribution in [2.75, 3.05) is 29.8 Å². The topological polar surface area (TPSA) is 58.6 Å². The summed E-state index contributed by atoms with van der Waals surface area (Å²) in [5.41, 5.74) is 1.43. The summed E-state index contributed by atoms with van der Waals surface area (Å²) < 4.78 is 45.8. The van der Waals surface area contributed by atoms with Crippen molar-refractivity contribution in [3.63, 3.8) is 0 Å². The highest BCUT2D eigenvalue weighted by molar-refractivity contribution is 7.92. The van der Waals surface area contributed by atoms with Crippen molar-refractivity contribution in [1.82, 2.24) is 0 Å². The number of benzene rings is 2. The van der Waals surface area contributed by atoms with Crippen molar-refractivity contribution in [1.29, 1.82) is 0 Å². The third-order valence-electron chi connectivity index (χ3n) is 4.16. The molecule has 1 N–H and O–H groups in total. The Bertz CT molecular complexity index is 859. The Balaban J connectivity index is 1.73. The van der Waals surface area contributed by atoms with Gasteiger partial charge in [-0.2, -0.15) is 0 Å². The lowest BCUT2D eigenvalue weighted by atomic mass is 10.2. The van der Waals surface area contributed by atoms with Crippen molar-refractivity contribution in [3.8, 4) is 0 Å². The lowest BCUT2D eigenvalue weighted by Crippen LogP contribution is -2.22. The second-order valence-corrected chi connectivity index (χ2v) is 7.91. The molecule has 2 aromatic carbocycles. The van der Waals surface area contributed by atoms with Crippen LogP contribution in [0.25, 0.3) is 0 Å². The Morgan fingerprint density at radius 1 is 1.24 bits per heavy atom. The van der Waals surface area contributed by atoms with Crippen molar-refractivity contribution in [2.24, 2.45) is 0 Å². The summed E-state index contributed by atoms with van der Waals surface area (Å²) in [5.74, 6) is -0.662. The van der Waals surface area contributed by atoms with Crippen molar-refractivity contribution in [3.05, 3.63) is 53.3 Å². The summed E-state index contributed by atoms with van der Waals surface area (Å²) >= 11 is 5.66. The summed E-state index contributed by atoms with van der Waals surface area (Å²) in [6, 6.07) is 10.4. The molecule has 1 heterocycles. The summed E-state index contributed by atoms with van der Waals surface area (Å²) in [7, 11) is -2.13. The third kappa shape index (κ3) is 4.05. The van der Waals surface area contributed by atoms with E-state index in [1.54, 1.807) is 19.2 Å². The van der Waals surface area contributed by atoms with E-state index in [-0.39, 0.29) is 16.0 Å². The van der Waals surface area contributed by atoms with Crippen molar-refractivity contribution in [2.45, 2.75) is 17.4 Å². The highest BCUT2D eigenvalue weighted by Gasteiger charge is 2.22. The molecule has 0 aliphatic carbocycles. The lowest BCUT2D eigenvalue weighted by Gasteiger charge is -2.19. The first-order chi connectivity index (χ1) is 11.9. The molecule has 1 atom stereocenters. The molecule has 1 aliphatic rings. The van der Waals surface area contributed by atoms with Crippen LogP contribution in [0.3, 0.4) is 0 Å². The number of hydrogen-bond acceptors (Lipinski definition) is 4. The van der Waals surface area contributed by atoms with E-state index in [0.717, 1.165) is 37.3 Å². The van der Waals surface area contributed by atoms with E-state index in [4.69, 9.17) is 16.3 Å². The standard InChI is InChI=1S/C17H18ClFN2O3S/c1-24-14-8-9-21(11-14)13-4-2-12(3-5-13)20-25(22,23)15-6-7-17(19)16(18)10-15/h2-7,10,14,20H,8-9,11H2,1H3/t14-/m0/s1. The van der Waals surface area contributed by atoms with Crippen LogP contribution in [0.5, 0.6) is 0 Å². The van der Waals surface area contributed by atoms with Crippen LogP contribution in [0.1, 0.15) is 6.42 Å². The number of methoxy groups -OCH3 is 1. The predicted molar refractivity (Wildman–Crippen MR) is 96.3 cm³/mol. The largest absolute Gasteiger partial charge is 0.380 e. The number of rotatable bonds is 5. The molecule has 8 heteroatoms. The van der Waals surface area contributed by atoms with Gasteiger partial charge in [0.15, 0.2) is 0 Å². The fraction of sp³-hybridized carbons (Fsp3) is 0.294. The highest BCUT2D eigenvalue weighted by atomic mass is 35.5. The van der Waals surface area contributed by atoms with Gasteiger partial charge in [-0.1, -0.05) is 11.6 Å². The van der Waals surface area contributed by atoms with Gasteiger partial charge in [-0.05, 0) is 48.9 Å². The summed E-state index contributed by atoms with van der Waals surface area (Å²) in [4.78, 5) is 2.09. The zero-order valence-corrected chi connectivity index (χ0v) is 15.1. The average Bonchev–Trinajstić information content (AvgIpc) is 3.06. The van der Waals surface area contributed by atoms with Gasteiger partial charge in [0.05, 0.1) is 16.0 Å². The maximum Gasteiger partial charge on any atom is 0.261 e. The number of halogens is 2. The van der Waals surface area contributed by atoms with Crippen LogP contribution in [0, 0.1) is 5.82 Å². The second-order valence-electron chi connectivity index (χ2n) is 5.82. The van der Waals surface area contributed by atoms with E-state index in [1.807, 2.05) is 12.1 Å². The Morgan fingerprint density at radius 3 is 2.56 bits per heavy atom. The predicted octanol–water partition coefficient (Wildman–Crippen LogP) is 3.51. The van der Waals surface area contributed by atoms with Gasteiger partial charge >= 0.3 is 0 Å². The van der Waals surface area contributed by atoms with Gasteiger partial charge in [-0.15, -0.1) is 0 Å². The molecular formula is C17H18ClFN2O3S. The van der Waals surface area contributed by atoms with Crippen molar-refractivity contribution < 1.29 is 17.5 Å². The first-order valence-electron chi connectivity index (χ1n) is 7.75. The molecule has 25 heavy (non-hydrogen) atoms. The highest BCUT2D eigenvalue weighted by Crippen LogP contribution is 2.25. The number of nitrogens with one attached hydrogen (secondary N) is 1. The SMILES string of the molecule is CO[C@H]1CCN(c2ccc(NS(=O)(=O)c3ccc(F)c(Cl)c3)cc2)C1. The van der Waals surface area contributed by atoms with Crippen LogP contribution < -0.4 is 9.62 Å². The van der Waals surface area contributed by atoms with E-state index in [9.17, 15) is 12.8 Å². The van der Waals surface area contributed by atoms with Crippen molar-refractivity contribution >= 4 is 33.0 Å². The molecular weight excluding hydrogens is 367 g/mol. The molecule has 0 aromatic heterocycles. The van der Waals surface area contributed by atoms with Gasteiger partial charge in [0, 0.05) is 31.6 Å². The smallest absolute Gasteiger partial charge is 0.261 e. The van der Waals surface area contributed by atoms with Crippen LogP contribution in [-0.2, 0) is 14.8 Å².